The average molecular weight is 185 g/mol. The fourth-order valence-electron chi connectivity index (χ4n) is 1.72. The van der Waals surface area contributed by atoms with Gasteiger partial charge in [0.1, 0.15) is 0 Å². The Labute approximate surface area is 79.3 Å². The highest BCUT2D eigenvalue weighted by molar-refractivity contribution is 5.74. The van der Waals surface area contributed by atoms with Crippen molar-refractivity contribution in [1.82, 2.24) is 4.90 Å². The Kier molecular flexibility index (Phi) is 3.69. The van der Waals surface area contributed by atoms with Crippen LogP contribution in [0.15, 0.2) is 0 Å². The third-order valence-corrected chi connectivity index (χ3v) is 2.94. The van der Waals surface area contributed by atoms with E-state index >= 15 is 0 Å². The lowest BCUT2D eigenvalue weighted by atomic mass is 9.90. The second-order valence-electron chi connectivity index (χ2n) is 3.81. The minimum absolute atomic E-state index is 0.128. The number of carbonyl (C=O) groups excluding carboxylic acids is 1. The van der Waals surface area contributed by atoms with Gasteiger partial charge < -0.3 is 11.5 Å². The van der Waals surface area contributed by atoms with Gasteiger partial charge >= 0.3 is 0 Å². The van der Waals surface area contributed by atoms with E-state index in [4.69, 9.17) is 11.5 Å². The molecule has 0 saturated heterocycles. The maximum absolute atomic E-state index is 10.7. The van der Waals surface area contributed by atoms with E-state index in [1.54, 1.807) is 0 Å². The molecule has 0 heterocycles. The van der Waals surface area contributed by atoms with Crippen LogP contribution < -0.4 is 11.5 Å². The van der Waals surface area contributed by atoms with Crippen molar-refractivity contribution >= 4 is 5.91 Å². The number of rotatable bonds is 5. The summed E-state index contributed by atoms with van der Waals surface area (Å²) in [6, 6.07) is 0.746. The smallest absolute Gasteiger partial charge is 0.219 e. The van der Waals surface area contributed by atoms with Crippen LogP contribution in [0.3, 0.4) is 0 Å². The molecule has 0 spiro atoms. The third kappa shape index (κ3) is 2.67. The molecule has 1 aliphatic carbocycles. The first-order valence-electron chi connectivity index (χ1n) is 4.85. The second-order valence-corrected chi connectivity index (χ2v) is 3.81. The maximum atomic E-state index is 10.7. The van der Waals surface area contributed by atoms with Crippen molar-refractivity contribution in [3.63, 3.8) is 0 Å². The Morgan fingerprint density at radius 3 is 2.54 bits per heavy atom. The van der Waals surface area contributed by atoms with Crippen molar-refractivity contribution in [2.75, 3.05) is 13.6 Å². The Hall–Kier alpha value is -0.610. The molecule has 1 atom stereocenters. The fraction of sp³-hybridized carbons (Fsp3) is 0.889. The normalized spacial score (nSPS) is 19.9. The molecule has 0 aliphatic heterocycles. The van der Waals surface area contributed by atoms with Crippen molar-refractivity contribution in [3.8, 4) is 0 Å². The minimum Gasteiger partial charge on any atom is -0.370 e. The first-order chi connectivity index (χ1) is 6.15. The molecule has 4 heteroatoms. The minimum atomic E-state index is -0.262. The number of nitrogens with zero attached hydrogens (tertiary/aromatic N) is 1. The SMILES string of the molecule is CN(C1CCC1)C(CN)CC(N)=O. The predicted octanol–water partition coefficient (Wildman–Crippen LogP) is -0.327. The highest BCUT2D eigenvalue weighted by atomic mass is 16.1. The standard InChI is InChI=1S/C9H19N3O/c1-12(7-3-2-4-7)8(6-10)5-9(11)13/h7-8H,2-6,10H2,1H3,(H2,11,13). The topological polar surface area (TPSA) is 72.3 Å². The number of primary amides is 1. The van der Waals surface area contributed by atoms with Gasteiger partial charge in [-0.05, 0) is 19.9 Å². The summed E-state index contributed by atoms with van der Waals surface area (Å²) in [4.78, 5) is 12.9. The fourth-order valence-corrected chi connectivity index (χ4v) is 1.72. The van der Waals surface area contributed by atoms with E-state index in [1.807, 2.05) is 7.05 Å². The van der Waals surface area contributed by atoms with Crippen LogP contribution in [0.4, 0.5) is 0 Å². The largest absolute Gasteiger partial charge is 0.370 e. The predicted molar refractivity (Wildman–Crippen MR) is 52.1 cm³/mol. The van der Waals surface area contributed by atoms with Gasteiger partial charge in [0, 0.05) is 25.0 Å². The summed E-state index contributed by atoms with van der Waals surface area (Å²) in [7, 11) is 2.03. The van der Waals surface area contributed by atoms with E-state index in [0.717, 1.165) is 0 Å². The van der Waals surface area contributed by atoms with Gasteiger partial charge in [-0.1, -0.05) is 6.42 Å². The summed E-state index contributed by atoms with van der Waals surface area (Å²) in [5, 5.41) is 0. The summed E-state index contributed by atoms with van der Waals surface area (Å²) in [6.07, 6.45) is 4.13. The van der Waals surface area contributed by atoms with Gasteiger partial charge in [0.2, 0.25) is 5.91 Å². The Morgan fingerprint density at radius 2 is 2.23 bits per heavy atom. The molecule has 0 bridgehead atoms. The van der Waals surface area contributed by atoms with E-state index in [0.29, 0.717) is 19.0 Å². The molecular weight excluding hydrogens is 166 g/mol. The van der Waals surface area contributed by atoms with E-state index in [1.165, 1.54) is 19.3 Å². The van der Waals surface area contributed by atoms with Gasteiger partial charge in [0.15, 0.2) is 0 Å². The monoisotopic (exact) mass is 185 g/mol. The van der Waals surface area contributed by atoms with E-state index in [2.05, 4.69) is 4.90 Å². The quantitative estimate of drug-likeness (QED) is 0.616. The molecule has 1 rings (SSSR count). The van der Waals surface area contributed by atoms with Gasteiger partial charge in [0.25, 0.3) is 0 Å². The highest BCUT2D eigenvalue weighted by Gasteiger charge is 2.27. The van der Waals surface area contributed by atoms with E-state index in [-0.39, 0.29) is 11.9 Å². The summed E-state index contributed by atoms with van der Waals surface area (Å²) >= 11 is 0. The summed E-state index contributed by atoms with van der Waals surface area (Å²) in [5.74, 6) is -0.262. The van der Waals surface area contributed by atoms with Crippen LogP contribution in [0.5, 0.6) is 0 Å². The van der Waals surface area contributed by atoms with E-state index < -0.39 is 0 Å². The Morgan fingerprint density at radius 1 is 1.62 bits per heavy atom. The van der Waals surface area contributed by atoms with Crippen molar-refractivity contribution < 1.29 is 4.79 Å². The molecule has 0 aromatic carbocycles. The van der Waals surface area contributed by atoms with Gasteiger partial charge in [-0.25, -0.2) is 0 Å². The van der Waals surface area contributed by atoms with Gasteiger partial charge in [-0.2, -0.15) is 0 Å². The first-order valence-corrected chi connectivity index (χ1v) is 4.85. The molecule has 1 fully saturated rings. The lowest BCUT2D eigenvalue weighted by Crippen LogP contribution is -2.48. The van der Waals surface area contributed by atoms with Crippen molar-refractivity contribution in [1.29, 1.82) is 0 Å². The molecule has 1 unspecified atom stereocenters. The average Bonchev–Trinajstić information content (AvgIpc) is 1.96. The van der Waals surface area contributed by atoms with Crippen molar-refractivity contribution in [3.05, 3.63) is 0 Å². The molecular formula is C9H19N3O. The van der Waals surface area contributed by atoms with Gasteiger partial charge in [0.05, 0.1) is 0 Å². The van der Waals surface area contributed by atoms with Gasteiger partial charge in [-0.15, -0.1) is 0 Å². The first kappa shape index (κ1) is 10.5. The van der Waals surface area contributed by atoms with Crippen LogP contribution in [-0.2, 0) is 4.79 Å². The highest BCUT2D eigenvalue weighted by Crippen LogP contribution is 2.25. The Bertz CT molecular complexity index is 180. The summed E-state index contributed by atoms with van der Waals surface area (Å²) in [5.41, 5.74) is 10.7. The molecule has 4 N–H and O–H groups in total. The molecule has 0 aromatic rings. The molecule has 0 radical (unpaired) electrons. The molecule has 1 amide bonds. The third-order valence-electron chi connectivity index (χ3n) is 2.94. The molecule has 76 valence electrons. The van der Waals surface area contributed by atoms with Crippen LogP contribution in [0.2, 0.25) is 0 Å². The second kappa shape index (κ2) is 4.58. The van der Waals surface area contributed by atoms with Crippen LogP contribution in [0.1, 0.15) is 25.7 Å². The Balaban J connectivity index is 2.39. The van der Waals surface area contributed by atoms with Crippen LogP contribution in [-0.4, -0.2) is 36.5 Å². The molecule has 0 aromatic heterocycles. The molecule has 4 nitrogen and oxygen atoms in total. The lowest BCUT2D eigenvalue weighted by Gasteiger charge is -2.39. The number of hydrogen-bond donors (Lipinski definition) is 2. The lowest BCUT2D eigenvalue weighted by molar-refractivity contribution is -0.119. The molecule has 13 heavy (non-hydrogen) atoms. The van der Waals surface area contributed by atoms with Crippen LogP contribution >= 0.6 is 0 Å². The summed E-state index contributed by atoms with van der Waals surface area (Å²) < 4.78 is 0. The van der Waals surface area contributed by atoms with Crippen LogP contribution in [0.25, 0.3) is 0 Å². The molecule has 1 saturated carbocycles. The van der Waals surface area contributed by atoms with Gasteiger partial charge in [-0.3, -0.25) is 9.69 Å². The number of hydrogen-bond acceptors (Lipinski definition) is 3. The maximum Gasteiger partial charge on any atom is 0.219 e. The number of likely N-dealkylation sites (N-methyl/N-ethyl adjacent to an activating group) is 1. The zero-order valence-corrected chi connectivity index (χ0v) is 8.20. The zero-order valence-electron chi connectivity index (χ0n) is 8.20. The number of carbonyl (C=O) groups is 1. The molecule has 1 aliphatic rings. The van der Waals surface area contributed by atoms with Crippen LogP contribution in [0, 0.1) is 0 Å². The van der Waals surface area contributed by atoms with Crippen molar-refractivity contribution in [2.24, 2.45) is 11.5 Å². The van der Waals surface area contributed by atoms with Crippen molar-refractivity contribution in [2.45, 2.75) is 37.8 Å². The van der Waals surface area contributed by atoms with E-state index in [9.17, 15) is 4.79 Å². The zero-order chi connectivity index (χ0) is 9.84. The number of amides is 1. The number of nitrogens with two attached hydrogens (primary N) is 2. The summed E-state index contributed by atoms with van der Waals surface area (Å²) in [6.45, 7) is 0.510.